The van der Waals surface area contributed by atoms with Crippen LogP contribution in [0.1, 0.15) is 25.8 Å². The highest BCUT2D eigenvalue weighted by Crippen LogP contribution is 2.27. The van der Waals surface area contributed by atoms with Crippen molar-refractivity contribution in [2.75, 3.05) is 49.5 Å². The number of piperazine rings is 1. The van der Waals surface area contributed by atoms with Gasteiger partial charge in [0.25, 0.3) is 0 Å². The second-order valence-corrected chi connectivity index (χ2v) is 10.7. The van der Waals surface area contributed by atoms with Crippen molar-refractivity contribution in [1.82, 2.24) is 9.21 Å². The third-order valence-corrected chi connectivity index (χ3v) is 8.56. The molecule has 1 atom stereocenters. The van der Waals surface area contributed by atoms with Crippen molar-refractivity contribution in [3.8, 4) is 0 Å². The van der Waals surface area contributed by atoms with E-state index in [1.807, 2.05) is 24.3 Å². The molecule has 2 saturated heterocycles. The standard InChI is InChI=1S/C25H32N4O4S/c1-3-19-8-10-22(11-9-19)29-18-20(16-24(29)30)25(31)26-21-6-5-7-23(17-21)34(32,33)28-14-12-27(4-2)13-15-28/h5-11,17,20H,3-4,12-16,18H2,1-2H3,(H,26,31). The van der Waals surface area contributed by atoms with Crippen LogP contribution in [-0.4, -0.2) is 68.7 Å². The van der Waals surface area contributed by atoms with Gasteiger partial charge in [-0.3, -0.25) is 9.59 Å². The summed E-state index contributed by atoms with van der Waals surface area (Å²) in [6.45, 7) is 7.66. The van der Waals surface area contributed by atoms with Gasteiger partial charge in [-0.05, 0) is 48.9 Å². The SMILES string of the molecule is CCc1ccc(N2CC(C(=O)Nc3cccc(S(=O)(=O)N4CCN(CC)CC4)c3)CC2=O)cc1. The lowest BCUT2D eigenvalue weighted by atomic mass is 10.1. The van der Waals surface area contributed by atoms with Crippen molar-refractivity contribution in [3.05, 3.63) is 54.1 Å². The van der Waals surface area contributed by atoms with Crippen molar-refractivity contribution in [2.45, 2.75) is 31.6 Å². The molecule has 2 amide bonds. The van der Waals surface area contributed by atoms with E-state index in [0.717, 1.165) is 18.7 Å². The first-order valence-corrected chi connectivity index (χ1v) is 13.3. The van der Waals surface area contributed by atoms with Gasteiger partial charge in [0.15, 0.2) is 0 Å². The molecule has 34 heavy (non-hydrogen) atoms. The van der Waals surface area contributed by atoms with Crippen molar-refractivity contribution in [2.24, 2.45) is 5.92 Å². The van der Waals surface area contributed by atoms with Crippen molar-refractivity contribution in [1.29, 1.82) is 0 Å². The molecule has 9 heteroatoms. The number of amides is 2. The number of aryl methyl sites for hydroxylation is 1. The third-order valence-electron chi connectivity index (χ3n) is 6.67. The summed E-state index contributed by atoms with van der Waals surface area (Å²) in [5.41, 5.74) is 2.39. The monoisotopic (exact) mass is 484 g/mol. The summed E-state index contributed by atoms with van der Waals surface area (Å²) in [6, 6.07) is 14.1. The molecule has 2 aliphatic rings. The number of hydrogen-bond acceptors (Lipinski definition) is 5. The quantitative estimate of drug-likeness (QED) is 0.652. The molecule has 0 saturated carbocycles. The largest absolute Gasteiger partial charge is 0.326 e. The molecule has 0 aromatic heterocycles. The molecule has 0 bridgehead atoms. The fraction of sp³-hybridized carbons (Fsp3) is 0.440. The summed E-state index contributed by atoms with van der Waals surface area (Å²) < 4.78 is 27.7. The fourth-order valence-corrected chi connectivity index (χ4v) is 5.93. The van der Waals surface area contributed by atoms with Crippen LogP contribution in [0.25, 0.3) is 0 Å². The summed E-state index contributed by atoms with van der Waals surface area (Å²) in [4.78, 5) is 29.5. The van der Waals surface area contributed by atoms with Gasteiger partial charge in [-0.25, -0.2) is 8.42 Å². The molecule has 2 aliphatic heterocycles. The number of likely N-dealkylation sites (N-methyl/N-ethyl adjacent to an activating group) is 1. The molecular formula is C25H32N4O4S. The van der Waals surface area contributed by atoms with Gasteiger partial charge < -0.3 is 15.1 Å². The Morgan fingerprint density at radius 1 is 1.03 bits per heavy atom. The van der Waals surface area contributed by atoms with Gasteiger partial charge in [-0.15, -0.1) is 0 Å². The summed E-state index contributed by atoms with van der Waals surface area (Å²) in [5.74, 6) is -0.875. The highest BCUT2D eigenvalue weighted by atomic mass is 32.2. The van der Waals surface area contributed by atoms with E-state index in [-0.39, 0.29) is 23.1 Å². The maximum absolute atomic E-state index is 13.1. The Morgan fingerprint density at radius 3 is 2.38 bits per heavy atom. The molecule has 0 aliphatic carbocycles. The zero-order valence-electron chi connectivity index (χ0n) is 19.7. The topological polar surface area (TPSA) is 90.0 Å². The number of rotatable bonds is 7. The van der Waals surface area contributed by atoms with Gasteiger partial charge >= 0.3 is 0 Å². The van der Waals surface area contributed by atoms with Gasteiger partial charge in [0.1, 0.15) is 0 Å². The Hall–Kier alpha value is -2.75. The average Bonchev–Trinajstić information content (AvgIpc) is 3.26. The second-order valence-electron chi connectivity index (χ2n) is 8.78. The minimum Gasteiger partial charge on any atom is -0.326 e. The lowest BCUT2D eigenvalue weighted by Crippen LogP contribution is -2.48. The minimum absolute atomic E-state index is 0.0908. The third kappa shape index (κ3) is 5.16. The molecule has 0 radical (unpaired) electrons. The molecule has 4 rings (SSSR count). The van der Waals surface area contributed by atoms with E-state index in [2.05, 4.69) is 24.1 Å². The Kier molecular flexibility index (Phi) is 7.35. The molecule has 8 nitrogen and oxygen atoms in total. The summed E-state index contributed by atoms with van der Waals surface area (Å²) in [6.07, 6.45) is 1.05. The maximum Gasteiger partial charge on any atom is 0.243 e. The Balaban J connectivity index is 1.42. The maximum atomic E-state index is 13.1. The van der Waals surface area contributed by atoms with Gasteiger partial charge in [0, 0.05) is 50.5 Å². The Bertz CT molecular complexity index is 1140. The van der Waals surface area contributed by atoms with E-state index in [1.165, 1.54) is 15.9 Å². The van der Waals surface area contributed by atoms with Crippen LogP contribution in [0.15, 0.2) is 53.4 Å². The predicted molar refractivity (Wildman–Crippen MR) is 132 cm³/mol. The van der Waals surface area contributed by atoms with E-state index in [1.54, 1.807) is 23.1 Å². The van der Waals surface area contributed by atoms with Crippen molar-refractivity contribution < 1.29 is 18.0 Å². The average molecular weight is 485 g/mol. The molecule has 2 aromatic rings. The Labute approximate surface area is 201 Å². The van der Waals surface area contributed by atoms with Crippen LogP contribution in [0.2, 0.25) is 0 Å². The molecule has 1 N–H and O–H groups in total. The van der Waals surface area contributed by atoms with Gasteiger partial charge in [-0.1, -0.05) is 32.0 Å². The summed E-state index contributed by atoms with van der Waals surface area (Å²) in [7, 11) is -3.64. The number of anilines is 2. The summed E-state index contributed by atoms with van der Waals surface area (Å²) >= 11 is 0. The number of benzene rings is 2. The van der Waals surface area contributed by atoms with Crippen LogP contribution in [0.3, 0.4) is 0 Å². The number of nitrogens with zero attached hydrogens (tertiary/aromatic N) is 3. The predicted octanol–water partition coefficient (Wildman–Crippen LogP) is 2.57. The van der Waals surface area contributed by atoms with E-state index >= 15 is 0 Å². The number of carbonyl (C=O) groups is 2. The van der Waals surface area contributed by atoms with Crippen LogP contribution < -0.4 is 10.2 Å². The van der Waals surface area contributed by atoms with Crippen molar-refractivity contribution in [3.63, 3.8) is 0 Å². The normalized spacial score (nSPS) is 20.0. The van der Waals surface area contributed by atoms with Crippen LogP contribution in [0.4, 0.5) is 11.4 Å². The van der Waals surface area contributed by atoms with Gasteiger partial charge in [-0.2, -0.15) is 4.31 Å². The van der Waals surface area contributed by atoms with Crippen molar-refractivity contribution >= 4 is 33.2 Å². The smallest absolute Gasteiger partial charge is 0.243 e. The highest BCUT2D eigenvalue weighted by Gasteiger charge is 2.35. The van der Waals surface area contributed by atoms with Gasteiger partial charge in [0.05, 0.1) is 10.8 Å². The lowest BCUT2D eigenvalue weighted by molar-refractivity contribution is -0.122. The minimum atomic E-state index is -3.64. The number of hydrogen-bond donors (Lipinski definition) is 1. The molecule has 2 fully saturated rings. The number of nitrogens with one attached hydrogen (secondary N) is 1. The molecule has 1 unspecified atom stereocenters. The molecular weight excluding hydrogens is 452 g/mol. The fourth-order valence-electron chi connectivity index (χ4n) is 4.46. The van der Waals surface area contributed by atoms with Crippen LogP contribution in [-0.2, 0) is 26.0 Å². The number of sulfonamides is 1. The highest BCUT2D eigenvalue weighted by molar-refractivity contribution is 7.89. The van der Waals surface area contributed by atoms with Crippen LogP contribution in [0.5, 0.6) is 0 Å². The molecule has 2 heterocycles. The molecule has 0 spiro atoms. The Morgan fingerprint density at radius 2 is 1.74 bits per heavy atom. The number of carbonyl (C=O) groups excluding carboxylic acids is 2. The molecule has 182 valence electrons. The zero-order valence-corrected chi connectivity index (χ0v) is 20.6. The lowest BCUT2D eigenvalue weighted by Gasteiger charge is -2.33. The summed E-state index contributed by atoms with van der Waals surface area (Å²) in [5, 5.41) is 2.82. The first kappa shape index (κ1) is 24.4. The molecule has 2 aromatic carbocycles. The van der Waals surface area contributed by atoms with E-state index in [4.69, 9.17) is 0 Å². The first-order valence-electron chi connectivity index (χ1n) is 11.8. The van der Waals surface area contributed by atoms with E-state index in [0.29, 0.717) is 38.4 Å². The second kappa shape index (κ2) is 10.2. The van der Waals surface area contributed by atoms with E-state index in [9.17, 15) is 18.0 Å². The first-order chi connectivity index (χ1) is 16.3. The van der Waals surface area contributed by atoms with Gasteiger partial charge in [0.2, 0.25) is 21.8 Å². The zero-order chi connectivity index (χ0) is 24.3. The van der Waals surface area contributed by atoms with Crippen LogP contribution in [0, 0.1) is 5.92 Å². The van der Waals surface area contributed by atoms with E-state index < -0.39 is 15.9 Å². The van der Waals surface area contributed by atoms with Crippen LogP contribution >= 0.6 is 0 Å².